The first kappa shape index (κ1) is 12.2. The molecule has 1 aliphatic carbocycles. The molecule has 2 atom stereocenters. The van der Waals surface area contributed by atoms with Gasteiger partial charge >= 0.3 is 0 Å². The van der Waals surface area contributed by atoms with Crippen LogP contribution >= 0.6 is 27.7 Å². The van der Waals surface area contributed by atoms with Crippen LogP contribution < -0.4 is 5.32 Å². The molecule has 0 radical (unpaired) electrons. The van der Waals surface area contributed by atoms with Crippen LogP contribution in [0, 0.1) is 0 Å². The molecule has 2 unspecified atom stereocenters. The Labute approximate surface area is 110 Å². The van der Waals surface area contributed by atoms with E-state index in [1.54, 1.807) is 0 Å². The predicted octanol–water partition coefficient (Wildman–Crippen LogP) is 3.93. The van der Waals surface area contributed by atoms with Crippen molar-refractivity contribution in [2.75, 3.05) is 11.1 Å². The number of nitrogens with zero attached hydrogens (tertiary/aromatic N) is 1. The zero-order valence-corrected chi connectivity index (χ0v) is 11.9. The van der Waals surface area contributed by atoms with Gasteiger partial charge in [0, 0.05) is 11.3 Å². The molecule has 16 heavy (non-hydrogen) atoms. The summed E-state index contributed by atoms with van der Waals surface area (Å²) >= 11 is 5.48. The molecule has 0 spiro atoms. The number of nitrogens with one attached hydrogen (secondary N) is 1. The fourth-order valence-corrected chi connectivity index (χ4v) is 3.64. The minimum atomic E-state index is 0.603. The van der Waals surface area contributed by atoms with E-state index in [2.05, 4.69) is 44.9 Å². The molecule has 1 N–H and O–H groups in total. The summed E-state index contributed by atoms with van der Waals surface area (Å²) in [6.07, 6.45) is 3.88. The van der Waals surface area contributed by atoms with Crippen LogP contribution in [0.1, 0.15) is 26.2 Å². The van der Waals surface area contributed by atoms with Crippen molar-refractivity contribution in [2.45, 2.75) is 37.5 Å². The van der Waals surface area contributed by atoms with Gasteiger partial charge in [-0.05, 0) is 53.1 Å². The molecule has 0 saturated heterocycles. The first-order chi connectivity index (χ1) is 7.78. The molecule has 4 heteroatoms. The van der Waals surface area contributed by atoms with Gasteiger partial charge in [0.25, 0.3) is 0 Å². The fraction of sp³-hybridized carbons (Fsp3) is 0.583. The van der Waals surface area contributed by atoms with Crippen LogP contribution in [-0.2, 0) is 0 Å². The Morgan fingerprint density at radius 2 is 2.38 bits per heavy atom. The number of hydrogen-bond acceptors (Lipinski definition) is 3. The van der Waals surface area contributed by atoms with Crippen molar-refractivity contribution in [3.8, 4) is 0 Å². The van der Waals surface area contributed by atoms with E-state index in [4.69, 9.17) is 0 Å². The first-order valence-corrected chi connectivity index (χ1v) is 7.63. The zero-order valence-electron chi connectivity index (χ0n) is 9.45. The highest BCUT2D eigenvalue weighted by molar-refractivity contribution is 9.10. The standard InChI is InChI=1S/C12H17BrN2S/c1-2-16-10-7-6-9(8-10)14-12-5-3-4-11(13)15-12/h3-5,9-10H,2,6-8H2,1H3,(H,14,15). The van der Waals surface area contributed by atoms with Crippen molar-refractivity contribution < 1.29 is 0 Å². The van der Waals surface area contributed by atoms with E-state index < -0.39 is 0 Å². The molecule has 0 aromatic carbocycles. The molecule has 1 fully saturated rings. The Bertz CT molecular complexity index is 346. The smallest absolute Gasteiger partial charge is 0.127 e. The molecule has 88 valence electrons. The average molecular weight is 301 g/mol. The van der Waals surface area contributed by atoms with Gasteiger partial charge in [0.2, 0.25) is 0 Å². The molecule has 0 amide bonds. The van der Waals surface area contributed by atoms with E-state index in [0.717, 1.165) is 15.7 Å². The fourth-order valence-electron chi connectivity index (χ4n) is 2.16. The molecule has 0 aliphatic heterocycles. The van der Waals surface area contributed by atoms with Crippen LogP contribution in [0.4, 0.5) is 5.82 Å². The number of anilines is 1. The molecule has 1 aromatic heterocycles. The van der Waals surface area contributed by atoms with E-state index in [-0.39, 0.29) is 0 Å². The number of aromatic nitrogens is 1. The van der Waals surface area contributed by atoms with Crippen LogP contribution in [-0.4, -0.2) is 22.0 Å². The summed E-state index contributed by atoms with van der Waals surface area (Å²) < 4.78 is 0.898. The molecular weight excluding hydrogens is 284 g/mol. The number of rotatable bonds is 4. The zero-order chi connectivity index (χ0) is 11.4. The van der Waals surface area contributed by atoms with Gasteiger partial charge in [-0.3, -0.25) is 0 Å². The average Bonchev–Trinajstić information content (AvgIpc) is 2.66. The normalized spacial score (nSPS) is 24.6. The van der Waals surface area contributed by atoms with Crippen LogP contribution in [0.25, 0.3) is 0 Å². The summed E-state index contributed by atoms with van der Waals surface area (Å²) in [5, 5.41) is 4.36. The second-order valence-electron chi connectivity index (χ2n) is 4.08. The van der Waals surface area contributed by atoms with E-state index in [1.165, 1.54) is 25.0 Å². The van der Waals surface area contributed by atoms with E-state index >= 15 is 0 Å². The first-order valence-electron chi connectivity index (χ1n) is 5.78. The third kappa shape index (κ3) is 3.39. The summed E-state index contributed by atoms with van der Waals surface area (Å²) in [7, 11) is 0. The van der Waals surface area contributed by atoms with Crippen molar-refractivity contribution in [1.29, 1.82) is 0 Å². The van der Waals surface area contributed by atoms with Crippen molar-refractivity contribution in [3.05, 3.63) is 22.8 Å². The highest BCUT2D eigenvalue weighted by Crippen LogP contribution is 2.31. The second-order valence-corrected chi connectivity index (χ2v) is 6.47. The van der Waals surface area contributed by atoms with Crippen molar-refractivity contribution >= 4 is 33.5 Å². The number of pyridine rings is 1. The van der Waals surface area contributed by atoms with Gasteiger partial charge in [-0.2, -0.15) is 11.8 Å². The van der Waals surface area contributed by atoms with E-state index in [9.17, 15) is 0 Å². The Hall–Kier alpha value is -0.220. The van der Waals surface area contributed by atoms with Gasteiger partial charge in [-0.25, -0.2) is 4.98 Å². The van der Waals surface area contributed by atoms with Crippen molar-refractivity contribution in [3.63, 3.8) is 0 Å². The number of hydrogen-bond donors (Lipinski definition) is 1. The lowest BCUT2D eigenvalue weighted by Gasteiger charge is -2.13. The van der Waals surface area contributed by atoms with Crippen LogP contribution in [0.3, 0.4) is 0 Å². The molecule has 2 rings (SSSR count). The molecule has 1 aromatic rings. The minimum Gasteiger partial charge on any atom is -0.367 e. The maximum Gasteiger partial charge on any atom is 0.127 e. The molecule has 2 nitrogen and oxygen atoms in total. The van der Waals surface area contributed by atoms with Crippen molar-refractivity contribution in [2.24, 2.45) is 0 Å². The number of thioether (sulfide) groups is 1. The van der Waals surface area contributed by atoms with Gasteiger partial charge in [0.05, 0.1) is 0 Å². The Balaban J connectivity index is 1.87. The Morgan fingerprint density at radius 3 is 3.12 bits per heavy atom. The SMILES string of the molecule is CCSC1CCC(Nc2cccc(Br)n2)C1. The summed E-state index contributed by atoms with van der Waals surface area (Å²) in [6, 6.07) is 6.61. The predicted molar refractivity (Wildman–Crippen MR) is 75.1 cm³/mol. The molecule has 0 bridgehead atoms. The lowest BCUT2D eigenvalue weighted by Crippen LogP contribution is -2.16. The topological polar surface area (TPSA) is 24.9 Å². The third-order valence-electron chi connectivity index (χ3n) is 2.85. The lowest BCUT2D eigenvalue weighted by atomic mass is 10.2. The quantitative estimate of drug-likeness (QED) is 0.853. The molecule has 1 saturated carbocycles. The monoisotopic (exact) mass is 300 g/mol. The second kappa shape index (κ2) is 5.92. The van der Waals surface area contributed by atoms with Gasteiger partial charge in [0.15, 0.2) is 0 Å². The van der Waals surface area contributed by atoms with Gasteiger partial charge in [0.1, 0.15) is 10.4 Å². The van der Waals surface area contributed by atoms with Gasteiger partial charge < -0.3 is 5.32 Å². The van der Waals surface area contributed by atoms with Gasteiger partial charge in [-0.1, -0.05) is 13.0 Å². The Morgan fingerprint density at radius 1 is 1.50 bits per heavy atom. The largest absolute Gasteiger partial charge is 0.367 e. The van der Waals surface area contributed by atoms with Crippen LogP contribution in [0.15, 0.2) is 22.8 Å². The van der Waals surface area contributed by atoms with E-state index in [0.29, 0.717) is 6.04 Å². The summed E-state index contributed by atoms with van der Waals surface area (Å²) in [5.41, 5.74) is 0. The number of halogens is 1. The highest BCUT2D eigenvalue weighted by atomic mass is 79.9. The Kier molecular flexibility index (Phi) is 4.53. The maximum absolute atomic E-state index is 4.41. The minimum absolute atomic E-state index is 0.603. The molecule has 1 heterocycles. The molecule has 1 aliphatic rings. The lowest BCUT2D eigenvalue weighted by molar-refractivity contribution is 0.751. The third-order valence-corrected chi connectivity index (χ3v) is 4.53. The summed E-state index contributed by atoms with van der Waals surface area (Å²) in [6.45, 7) is 2.24. The molecular formula is C12H17BrN2S. The van der Waals surface area contributed by atoms with Crippen LogP contribution in [0.2, 0.25) is 0 Å². The maximum atomic E-state index is 4.41. The van der Waals surface area contributed by atoms with Gasteiger partial charge in [-0.15, -0.1) is 0 Å². The van der Waals surface area contributed by atoms with E-state index in [1.807, 2.05) is 18.2 Å². The summed E-state index contributed by atoms with van der Waals surface area (Å²) in [4.78, 5) is 4.41. The van der Waals surface area contributed by atoms with Crippen molar-refractivity contribution in [1.82, 2.24) is 4.98 Å². The highest BCUT2D eigenvalue weighted by Gasteiger charge is 2.24. The van der Waals surface area contributed by atoms with Crippen LogP contribution in [0.5, 0.6) is 0 Å². The summed E-state index contributed by atoms with van der Waals surface area (Å²) in [5.74, 6) is 2.22.